The van der Waals surface area contributed by atoms with Crippen LogP contribution in [0.3, 0.4) is 0 Å². The average Bonchev–Trinajstić information content (AvgIpc) is 2.38. The zero-order chi connectivity index (χ0) is 16.4. The van der Waals surface area contributed by atoms with Gasteiger partial charge in [0.15, 0.2) is 0 Å². The number of nitrogen functional groups attached to an aromatic ring is 1. The normalized spacial score (nSPS) is 12.0. The monoisotopic (exact) mass is 318 g/mol. The summed E-state index contributed by atoms with van der Waals surface area (Å²) in [6.07, 6.45) is 0. The van der Waals surface area contributed by atoms with E-state index in [0.717, 1.165) is 17.5 Å². The van der Waals surface area contributed by atoms with Crippen LogP contribution < -0.4 is 5.73 Å². The molecule has 0 radical (unpaired) electrons. The van der Waals surface area contributed by atoms with Gasteiger partial charge >= 0.3 is 5.97 Å². The van der Waals surface area contributed by atoms with Gasteiger partial charge in [-0.3, -0.25) is 4.79 Å². The molecule has 0 spiro atoms. The van der Waals surface area contributed by atoms with Gasteiger partial charge in [0.05, 0.1) is 7.11 Å². The molecule has 0 bridgehead atoms. The van der Waals surface area contributed by atoms with Crippen molar-refractivity contribution in [2.75, 3.05) is 19.4 Å². The maximum Gasteiger partial charge on any atom is 0.321 e. The topological polar surface area (TPSA) is 89.7 Å². The number of carbonyl (C=O) groups is 1. The predicted octanol–water partition coefficient (Wildman–Crippen LogP) is 1.29. The van der Waals surface area contributed by atoms with Crippen LogP contribution in [0, 0.1) is 12.7 Å². The smallest absolute Gasteiger partial charge is 0.321 e. The molecule has 1 aromatic rings. The Labute approximate surface area is 123 Å². The SMILES string of the molecule is COC(=O)CN(C(C)C)S(=O)(=O)c1cc(N)cc(C)c1F. The number of hydrogen-bond donors (Lipinski definition) is 1. The third kappa shape index (κ3) is 3.70. The molecule has 21 heavy (non-hydrogen) atoms. The summed E-state index contributed by atoms with van der Waals surface area (Å²) in [7, 11) is -3.05. The van der Waals surface area contributed by atoms with Gasteiger partial charge in [-0.1, -0.05) is 0 Å². The number of halogens is 1. The van der Waals surface area contributed by atoms with Gasteiger partial charge in [0.1, 0.15) is 17.3 Å². The lowest BCUT2D eigenvalue weighted by atomic mass is 10.2. The Morgan fingerprint density at radius 2 is 2.00 bits per heavy atom. The Bertz CT molecular complexity index is 644. The number of sulfonamides is 1. The first-order valence-electron chi connectivity index (χ1n) is 6.25. The highest BCUT2D eigenvalue weighted by atomic mass is 32.2. The van der Waals surface area contributed by atoms with Crippen LogP contribution in [0.25, 0.3) is 0 Å². The number of hydrogen-bond acceptors (Lipinski definition) is 5. The molecule has 0 aromatic heterocycles. The molecule has 0 saturated carbocycles. The minimum Gasteiger partial charge on any atom is -0.468 e. The van der Waals surface area contributed by atoms with E-state index in [1.54, 1.807) is 13.8 Å². The van der Waals surface area contributed by atoms with Gasteiger partial charge in [-0.15, -0.1) is 0 Å². The molecule has 0 saturated heterocycles. The molecule has 0 aliphatic carbocycles. The van der Waals surface area contributed by atoms with E-state index >= 15 is 0 Å². The summed E-state index contributed by atoms with van der Waals surface area (Å²) in [5.41, 5.74) is 5.84. The number of nitrogens with zero attached hydrogens (tertiary/aromatic N) is 1. The Morgan fingerprint density at radius 1 is 1.43 bits per heavy atom. The van der Waals surface area contributed by atoms with Crippen LogP contribution in [0.2, 0.25) is 0 Å². The van der Waals surface area contributed by atoms with Crippen LogP contribution in [0.15, 0.2) is 17.0 Å². The van der Waals surface area contributed by atoms with Crippen molar-refractivity contribution in [2.45, 2.75) is 31.7 Å². The molecule has 0 atom stereocenters. The van der Waals surface area contributed by atoms with Crippen molar-refractivity contribution >= 4 is 21.7 Å². The highest BCUT2D eigenvalue weighted by Crippen LogP contribution is 2.25. The number of methoxy groups -OCH3 is 1. The summed E-state index contributed by atoms with van der Waals surface area (Å²) in [6.45, 7) is 4.09. The molecule has 0 aliphatic rings. The van der Waals surface area contributed by atoms with E-state index in [-0.39, 0.29) is 11.3 Å². The first-order chi connectivity index (χ1) is 9.61. The molecule has 1 rings (SSSR count). The zero-order valence-corrected chi connectivity index (χ0v) is 13.2. The van der Waals surface area contributed by atoms with Gasteiger partial charge in [0, 0.05) is 11.7 Å². The largest absolute Gasteiger partial charge is 0.468 e. The van der Waals surface area contributed by atoms with E-state index in [2.05, 4.69) is 4.74 Å². The highest BCUT2D eigenvalue weighted by molar-refractivity contribution is 7.89. The van der Waals surface area contributed by atoms with E-state index in [0.29, 0.717) is 0 Å². The summed E-state index contributed by atoms with van der Waals surface area (Å²) in [4.78, 5) is 10.8. The van der Waals surface area contributed by atoms with Gasteiger partial charge in [0.2, 0.25) is 10.0 Å². The molecule has 0 amide bonds. The number of rotatable bonds is 5. The standard InChI is InChI=1S/C13H19FN2O4S/c1-8(2)16(7-12(17)20-4)21(18,19)11-6-10(15)5-9(3)13(11)14/h5-6,8H,7,15H2,1-4H3. The molecule has 1 aromatic carbocycles. The molecule has 2 N–H and O–H groups in total. The minimum absolute atomic E-state index is 0.121. The number of carbonyl (C=O) groups excluding carboxylic acids is 1. The van der Waals surface area contributed by atoms with Gasteiger partial charge in [-0.2, -0.15) is 4.31 Å². The second kappa shape index (κ2) is 6.40. The summed E-state index contributed by atoms with van der Waals surface area (Å²) >= 11 is 0. The Kier molecular flexibility index (Phi) is 5.30. The highest BCUT2D eigenvalue weighted by Gasteiger charge is 2.32. The number of anilines is 1. The molecule has 118 valence electrons. The average molecular weight is 318 g/mol. The third-order valence-corrected chi connectivity index (χ3v) is 4.94. The number of ether oxygens (including phenoxy) is 1. The first kappa shape index (κ1) is 17.4. The van der Waals surface area contributed by atoms with Crippen LogP contribution in [-0.2, 0) is 19.6 Å². The Hall–Kier alpha value is -1.67. The quantitative estimate of drug-likeness (QED) is 0.652. The van der Waals surface area contributed by atoms with Crippen molar-refractivity contribution in [3.63, 3.8) is 0 Å². The van der Waals surface area contributed by atoms with Crippen molar-refractivity contribution in [1.82, 2.24) is 4.31 Å². The van der Waals surface area contributed by atoms with Gasteiger partial charge < -0.3 is 10.5 Å². The Morgan fingerprint density at radius 3 is 2.48 bits per heavy atom. The molecule has 6 nitrogen and oxygen atoms in total. The molecular formula is C13H19FN2O4S. The zero-order valence-electron chi connectivity index (χ0n) is 12.4. The van der Waals surface area contributed by atoms with Crippen LogP contribution in [0.1, 0.15) is 19.4 Å². The number of aryl methyl sites for hydroxylation is 1. The number of benzene rings is 1. The van der Waals surface area contributed by atoms with Gasteiger partial charge in [-0.05, 0) is 38.5 Å². The first-order valence-corrected chi connectivity index (χ1v) is 7.69. The third-order valence-electron chi connectivity index (χ3n) is 2.92. The predicted molar refractivity (Wildman–Crippen MR) is 76.6 cm³/mol. The second-order valence-corrected chi connectivity index (χ2v) is 6.73. The van der Waals surface area contributed by atoms with E-state index in [4.69, 9.17) is 5.73 Å². The molecule has 0 fully saturated rings. The lowest BCUT2D eigenvalue weighted by Crippen LogP contribution is -2.41. The summed E-state index contributed by atoms with van der Waals surface area (Å²) in [5, 5.41) is 0. The second-order valence-electron chi connectivity index (χ2n) is 4.87. The summed E-state index contributed by atoms with van der Waals surface area (Å²) in [6, 6.07) is 1.84. The molecule has 0 aliphatic heterocycles. The van der Waals surface area contributed by atoms with E-state index < -0.39 is 39.3 Å². The maximum absolute atomic E-state index is 14.1. The number of nitrogens with two attached hydrogens (primary N) is 1. The van der Waals surface area contributed by atoms with Crippen molar-refractivity contribution < 1.29 is 22.3 Å². The van der Waals surface area contributed by atoms with Crippen molar-refractivity contribution in [1.29, 1.82) is 0 Å². The van der Waals surface area contributed by atoms with Crippen molar-refractivity contribution in [3.8, 4) is 0 Å². The lowest BCUT2D eigenvalue weighted by molar-refractivity contribution is -0.141. The van der Waals surface area contributed by atoms with Gasteiger partial charge in [-0.25, -0.2) is 12.8 Å². The summed E-state index contributed by atoms with van der Waals surface area (Å²) < 4.78 is 44.6. The van der Waals surface area contributed by atoms with Crippen molar-refractivity contribution in [3.05, 3.63) is 23.5 Å². The van der Waals surface area contributed by atoms with Crippen LogP contribution in [0.5, 0.6) is 0 Å². The van der Waals surface area contributed by atoms with E-state index in [1.807, 2.05) is 0 Å². The molecular weight excluding hydrogens is 299 g/mol. The molecule has 0 heterocycles. The van der Waals surface area contributed by atoms with E-state index in [1.165, 1.54) is 13.0 Å². The fraction of sp³-hybridized carbons (Fsp3) is 0.462. The van der Waals surface area contributed by atoms with E-state index in [9.17, 15) is 17.6 Å². The molecule has 0 unspecified atom stereocenters. The summed E-state index contributed by atoms with van der Waals surface area (Å²) in [5.74, 6) is -1.60. The Balaban J connectivity index is 3.40. The fourth-order valence-corrected chi connectivity index (χ4v) is 3.57. The van der Waals surface area contributed by atoms with Crippen LogP contribution in [0.4, 0.5) is 10.1 Å². The minimum atomic E-state index is -4.20. The number of esters is 1. The van der Waals surface area contributed by atoms with Crippen LogP contribution >= 0.6 is 0 Å². The van der Waals surface area contributed by atoms with Gasteiger partial charge in [0.25, 0.3) is 0 Å². The van der Waals surface area contributed by atoms with Crippen LogP contribution in [-0.4, -0.2) is 38.4 Å². The molecule has 8 heteroatoms. The maximum atomic E-state index is 14.1. The van der Waals surface area contributed by atoms with Crippen molar-refractivity contribution in [2.24, 2.45) is 0 Å². The lowest BCUT2D eigenvalue weighted by Gasteiger charge is -2.25. The fourth-order valence-electron chi connectivity index (χ4n) is 1.82.